The fraction of sp³-hybridized carbons (Fsp3) is 0.265. The van der Waals surface area contributed by atoms with Gasteiger partial charge in [-0.3, -0.25) is 4.57 Å². The molecule has 0 saturated carbocycles. The van der Waals surface area contributed by atoms with Crippen LogP contribution in [0.4, 0.5) is 5.82 Å². The van der Waals surface area contributed by atoms with Gasteiger partial charge < -0.3 is 19.9 Å². The third kappa shape index (κ3) is 4.35. The Balaban J connectivity index is 1.54. The van der Waals surface area contributed by atoms with Crippen molar-refractivity contribution in [3.63, 3.8) is 0 Å². The standard InChI is InChI=1S/C34H35N5O3/c1-5-28-23(3)33(40,6-2)32(42-28)39-22-37-29-30(35-21-36-31(29)39)38-34(24-13-9-7-10-14-24,25-15-11-8-12-16-25)26-17-19-27(41-4)20-18-26/h6-23,28,32,40H,2,5H2,1,3-4H3,(H,35,36,38)/t23-,28-,32-,33-/m1/s1. The largest absolute Gasteiger partial charge is 0.497 e. The fourth-order valence-corrected chi connectivity index (χ4v) is 6.17. The van der Waals surface area contributed by atoms with Crippen molar-refractivity contribution < 1.29 is 14.6 Å². The summed E-state index contributed by atoms with van der Waals surface area (Å²) in [6.45, 7) is 7.97. The van der Waals surface area contributed by atoms with E-state index < -0.39 is 17.4 Å². The normalized spacial score (nSPS) is 22.2. The van der Waals surface area contributed by atoms with E-state index in [-0.39, 0.29) is 12.0 Å². The van der Waals surface area contributed by atoms with Crippen molar-refractivity contribution in [2.75, 3.05) is 12.4 Å². The summed E-state index contributed by atoms with van der Waals surface area (Å²) in [4.78, 5) is 14.1. The molecular weight excluding hydrogens is 526 g/mol. The lowest BCUT2D eigenvalue weighted by molar-refractivity contribution is -0.0675. The highest BCUT2D eigenvalue weighted by Crippen LogP contribution is 2.46. The Kier molecular flexibility index (Phi) is 7.26. The molecule has 8 nitrogen and oxygen atoms in total. The van der Waals surface area contributed by atoms with Crippen molar-refractivity contribution in [3.05, 3.63) is 127 Å². The first kappa shape index (κ1) is 27.6. The van der Waals surface area contributed by atoms with E-state index >= 15 is 0 Å². The summed E-state index contributed by atoms with van der Waals surface area (Å²) < 4.78 is 13.6. The number of hydrogen-bond acceptors (Lipinski definition) is 7. The molecule has 214 valence electrons. The van der Waals surface area contributed by atoms with Crippen LogP contribution in [0.25, 0.3) is 11.2 Å². The van der Waals surface area contributed by atoms with Gasteiger partial charge in [-0.2, -0.15) is 0 Å². The van der Waals surface area contributed by atoms with Crippen molar-refractivity contribution in [2.45, 2.75) is 43.7 Å². The second-order valence-corrected chi connectivity index (χ2v) is 10.7. The predicted molar refractivity (Wildman–Crippen MR) is 163 cm³/mol. The first-order valence-electron chi connectivity index (χ1n) is 14.2. The summed E-state index contributed by atoms with van der Waals surface area (Å²) in [6.07, 6.45) is 4.66. The average molecular weight is 562 g/mol. The molecule has 8 heteroatoms. The van der Waals surface area contributed by atoms with Crippen LogP contribution in [0, 0.1) is 5.92 Å². The Morgan fingerprint density at radius 2 is 1.60 bits per heavy atom. The molecule has 2 N–H and O–H groups in total. The summed E-state index contributed by atoms with van der Waals surface area (Å²) in [7, 11) is 1.66. The molecular formula is C34H35N5O3. The topological polar surface area (TPSA) is 94.3 Å². The van der Waals surface area contributed by atoms with Crippen LogP contribution < -0.4 is 10.1 Å². The van der Waals surface area contributed by atoms with E-state index in [4.69, 9.17) is 19.4 Å². The summed E-state index contributed by atoms with van der Waals surface area (Å²) in [5.74, 6) is 1.16. The second kappa shape index (κ2) is 11.0. The number of benzene rings is 3. The van der Waals surface area contributed by atoms with Gasteiger partial charge in [0.1, 0.15) is 23.2 Å². The number of rotatable bonds is 9. The predicted octanol–water partition coefficient (Wildman–Crippen LogP) is 6.10. The van der Waals surface area contributed by atoms with Crippen molar-refractivity contribution in [1.82, 2.24) is 19.5 Å². The van der Waals surface area contributed by atoms with E-state index in [2.05, 4.69) is 60.2 Å². The summed E-state index contributed by atoms with van der Waals surface area (Å²) in [5, 5.41) is 15.4. The van der Waals surface area contributed by atoms with Gasteiger partial charge in [-0.05, 0) is 35.2 Å². The fourth-order valence-electron chi connectivity index (χ4n) is 6.17. The number of nitrogens with one attached hydrogen (secondary N) is 1. The first-order valence-corrected chi connectivity index (χ1v) is 14.2. The van der Waals surface area contributed by atoms with Crippen LogP contribution in [0.1, 0.15) is 43.2 Å². The molecule has 0 unspecified atom stereocenters. The van der Waals surface area contributed by atoms with Crippen molar-refractivity contribution >= 4 is 17.0 Å². The summed E-state index contributed by atoms with van der Waals surface area (Å²) >= 11 is 0. The molecule has 0 radical (unpaired) electrons. The van der Waals surface area contributed by atoms with Gasteiger partial charge >= 0.3 is 0 Å². The number of ether oxygens (including phenoxy) is 2. The van der Waals surface area contributed by atoms with Gasteiger partial charge in [-0.1, -0.05) is 92.7 Å². The van der Waals surface area contributed by atoms with Crippen LogP contribution >= 0.6 is 0 Å². The van der Waals surface area contributed by atoms with Gasteiger partial charge in [0, 0.05) is 5.92 Å². The zero-order valence-electron chi connectivity index (χ0n) is 24.0. The SMILES string of the molecule is C=C[C@@]1(O)[C@H](C)[C@@H](CC)O[C@H]1n1cnc2c(NC(c3ccccc3)(c3ccccc3)c3ccc(OC)cc3)ncnc21. The molecule has 0 spiro atoms. The van der Waals surface area contributed by atoms with Crippen molar-refractivity contribution in [2.24, 2.45) is 5.92 Å². The van der Waals surface area contributed by atoms with E-state index in [0.29, 0.717) is 17.0 Å². The van der Waals surface area contributed by atoms with Crippen LogP contribution in [-0.4, -0.2) is 43.4 Å². The number of methoxy groups -OCH3 is 1. The van der Waals surface area contributed by atoms with Gasteiger partial charge in [0.05, 0.1) is 19.5 Å². The van der Waals surface area contributed by atoms with Gasteiger partial charge in [-0.25, -0.2) is 15.0 Å². The highest BCUT2D eigenvalue weighted by molar-refractivity contribution is 5.84. The highest BCUT2D eigenvalue weighted by Gasteiger charge is 2.52. The third-order valence-electron chi connectivity index (χ3n) is 8.57. The minimum absolute atomic E-state index is 0.131. The van der Waals surface area contributed by atoms with Gasteiger partial charge in [-0.15, -0.1) is 6.58 Å². The lowest BCUT2D eigenvalue weighted by Crippen LogP contribution is -2.39. The Morgan fingerprint density at radius 1 is 0.976 bits per heavy atom. The summed E-state index contributed by atoms with van der Waals surface area (Å²) in [6, 6.07) is 28.6. The molecule has 42 heavy (non-hydrogen) atoms. The van der Waals surface area contributed by atoms with Crippen LogP contribution in [0.2, 0.25) is 0 Å². The molecule has 1 aliphatic heterocycles. The third-order valence-corrected chi connectivity index (χ3v) is 8.57. The number of nitrogens with zero attached hydrogens (tertiary/aromatic N) is 4. The highest BCUT2D eigenvalue weighted by atomic mass is 16.5. The van der Waals surface area contributed by atoms with E-state index in [0.717, 1.165) is 28.9 Å². The zero-order valence-corrected chi connectivity index (χ0v) is 24.0. The molecule has 1 fully saturated rings. The molecule has 6 rings (SSSR count). The molecule has 5 aromatic rings. The smallest absolute Gasteiger partial charge is 0.169 e. The quantitative estimate of drug-likeness (QED) is 0.166. The van der Waals surface area contributed by atoms with Crippen LogP contribution in [-0.2, 0) is 10.3 Å². The molecule has 0 bridgehead atoms. The molecule has 4 atom stereocenters. The lowest BCUT2D eigenvalue weighted by atomic mass is 9.77. The van der Waals surface area contributed by atoms with Crippen LogP contribution in [0.3, 0.4) is 0 Å². The molecule has 0 amide bonds. The van der Waals surface area contributed by atoms with Crippen LogP contribution in [0.15, 0.2) is 110 Å². The van der Waals surface area contributed by atoms with Crippen LogP contribution in [0.5, 0.6) is 5.75 Å². The Morgan fingerprint density at radius 3 is 2.17 bits per heavy atom. The minimum Gasteiger partial charge on any atom is -0.497 e. The number of imidazole rings is 1. The van der Waals surface area contributed by atoms with Gasteiger partial charge in [0.15, 0.2) is 23.2 Å². The maximum absolute atomic E-state index is 11.6. The molecule has 1 aliphatic rings. The molecule has 2 aromatic heterocycles. The van der Waals surface area contributed by atoms with E-state index in [9.17, 15) is 5.11 Å². The molecule has 3 aromatic carbocycles. The Bertz CT molecular complexity index is 1630. The Labute approximate surface area is 245 Å². The number of fused-ring (bicyclic) bond motifs is 1. The van der Waals surface area contributed by atoms with Crippen molar-refractivity contribution in [3.8, 4) is 5.75 Å². The molecule has 3 heterocycles. The second-order valence-electron chi connectivity index (χ2n) is 10.7. The molecule has 0 aliphatic carbocycles. The minimum atomic E-state index is -1.28. The number of aromatic nitrogens is 4. The number of anilines is 1. The summed E-state index contributed by atoms with van der Waals surface area (Å²) in [5.41, 5.74) is 2.02. The van der Waals surface area contributed by atoms with E-state index in [1.807, 2.05) is 55.5 Å². The monoisotopic (exact) mass is 561 g/mol. The number of hydrogen-bond donors (Lipinski definition) is 2. The van der Waals surface area contributed by atoms with Gasteiger partial charge in [0.2, 0.25) is 0 Å². The number of aliphatic hydroxyl groups is 1. The first-order chi connectivity index (χ1) is 20.5. The maximum Gasteiger partial charge on any atom is 0.169 e. The van der Waals surface area contributed by atoms with Crippen molar-refractivity contribution in [1.29, 1.82) is 0 Å². The maximum atomic E-state index is 11.6. The van der Waals surface area contributed by atoms with Gasteiger partial charge in [0.25, 0.3) is 0 Å². The van der Waals surface area contributed by atoms with E-state index in [1.165, 1.54) is 6.33 Å². The lowest BCUT2D eigenvalue weighted by Gasteiger charge is -2.37. The zero-order chi connectivity index (χ0) is 29.3. The average Bonchev–Trinajstić information content (AvgIpc) is 3.59. The Hall–Kier alpha value is -4.53. The van der Waals surface area contributed by atoms with E-state index in [1.54, 1.807) is 24.1 Å². The molecule has 1 saturated heterocycles.